The topological polar surface area (TPSA) is 85.3 Å². The Balaban J connectivity index is 1.94. The zero-order chi connectivity index (χ0) is 19.3. The van der Waals surface area contributed by atoms with Crippen LogP contribution in [-0.2, 0) is 20.1 Å². The van der Waals surface area contributed by atoms with E-state index in [1.54, 1.807) is 7.05 Å². The molecule has 1 N–H and O–H groups in total. The van der Waals surface area contributed by atoms with Crippen LogP contribution in [0.2, 0.25) is 0 Å². The van der Waals surface area contributed by atoms with E-state index in [2.05, 4.69) is 35.0 Å². The van der Waals surface area contributed by atoms with Gasteiger partial charge in [0.25, 0.3) is 5.56 Å². The summed E-state index contributed by atoms with van der Waals surface area (Å²) in [5.74, 6) is 0.686. The minimum atomic E-state index is -0.406. The molecule has 0 saturated carbocycles. The largest absolute Gasteiger partial charge is 0.396 e. The Morgan fingerprint density at radius 2 is 1.96 bits per heavy atom. The van der Waals surface area contributed by atoms with Crippen LogP contribution in [0.3, 0.4) is 0 Å². The molecule has 0 atom stereocenters. The fourth-order valence-electron chi connectivity index (χ4n) is 3.74. The second-order valence-electron chi connectivity index (χ2n) is 7.05. The van der Waals surface area contributed by atoms with Gasteiger partial charge in [-0.3, -0.25) is 13.9 Å². The molecule has 0 bridgehead atoms. The number of hydrogen-bond acceptors (Lipinski definition) is 5. The maximum Gasteiger partial charge on any atom is 0.332 e. The molecular weight excluding hydrogens is 346 g/mol. The maximum absolute atomic E-state index is 13.0. The first kappa shape index (κ1) is 17.5. The Kier molecular flexibility index (Phi) is 4.15. The van der Waals surface area contributed by atoms with Gasteiger partial charge in [0.15, 0.2) is 11.2 Å². The minimum Gasteiger partial charge on any atom is -0.396 e. The van der Waals surface area contributed by atoms with Crippen molar-refractivity contribution in [2.75, 3.05) is 18.1 Å². The van der Waals surface area contributed by atoms with Crippen molar-refractivity contribution in [1.82, 2.24) is 18.7 Å². The van der Waals surface area contributed by atoms with Crippen LogP contribution in [-0.4, -0.2) is 36.9 Å². The number of hydrogen-bond donors (Lipinski definition) is 1. The predicted molar refractivity (Wildman–Crippen MR) is 104 cm³/mol. The quantitative estimate of drug-likeness (QED) is 0.743. The van der Waals surface area contributed by atoms with Crippen molar-refractivity contribution in [3.8, 4) is 0 Å². The molecule has 1 aliphatic rings. The molecule has 0 radical (unpaired) electrons. The van der Waals surface area contributed by atoms with Gasteiger partial charge in [0.1, 0.15) is 0 Å². The summed E-state index contributed by atoms with van der Waals surface area (Å²) >= 11 is 0. The fraction of sp³-hybridized carbons (Fsp3) is 0.421. The number of fused-ring (bicyclic) bond motifs is 3. The van der Waals surface area contributed by atoms with Gasteiger partial charge in [-0.25, -0.2) is 4.79 Å². The van der Waals surface area contributed by atoms with Gasteiger partial charge in [-0.1, -0.05) is 12.1 Å². The van der Waals surface area contributed by atoms with Crippen LogP contribution < -0.4 is 16.1 Å². The van der Waals surface area contributed by atoms with E-state index >= 15 is 0 Å². The molecule has 1 aromatic carbocycles. The van der Waals surface area contributed by atoms with Gasteiger partial charge in [0.05, 0.1) is 0 Å². The van der Waals surface area contributed by atoms with Crippen LogP contribution in [0.25, 0.3) is 11.2 Å². The number of imidazole rings is 1. The van der Waals surface area contributed by atoms with E-state index in [0.717, 1.165) is 23.4 Å². The van der Waals surface area contributed by atoms with Crippen molar-refractivity contribution in [2.45, 2.75) is 33.4 Å². The van der Waals surface area contributed by atoms with Crippen LogP contribution in [0.1, 0.15) is 17.5 Å². The predicted octanol–water partition coefficient (Wildman–Crippen LogP) is 1.05. The summed E-state index contributed by atoms with van der Waals surface area (Å²) in [6.07, 6.45) is 0.357. The number of aromatic nitrogens is 4. The lowest BCUT2D eigenvalue weighted by atomic mass is 10.1. The van der Waals surface area contributed by atoms with Gasteiger partial charge in [-0.15, -0.1) is 0 Å². The number of nitrogens with zero attached hydrogens (tertiary/aromatic N) is 5. The summed E-state index contributed by atoms with van der Waals surface area (Å²) in [4.78, 5) is 32.3. The van der Waals surface area contributed by atoms with Crippen molar-refractivity contribution >= 4 is 22.8 Å². The van der Waals surface area contributed by atoms with Gasteiger partial charge in [-0.05, 0) is 37.5 Å². The zero-order valence-electron chi connectivity index (χ0n) is 15.8. The standard InChI is InChI=1S/C19H23N5O3/c1-12-5-6-13(2)14(11-12)22-8-9-23-15-16(20-18(22)23)21(3)19(27)24(17(15)26)7-4-10-25/h5-6,11,25H,4,7-10H2,1-3H3. The summed E-state index contributed by atoms with van der Waals surface area (Å²) in [6, 6.07) is 6.26. The number of rotatable bonds is 4. The minimum absolute atomic E-state index is 0.0709. The molecule has 0 amide bonds. The summed E-state index contributed by atoms with van der Waals surface area (Å²) in [5, 5.41) is 9.07. The Bertz CT molecular complexity index is 1150. The number of aliphatic hydroxyl groups excluding tert-OH is 1. The fourth-order valence-corrected chi connectivity index (χ4v) is 3.74. The molecule has 3 heterocycles. The van der Waals surface area contributed by atoms with Crippen LogP contribution in [0.5, 0.6) is 0 Å². The van der Waals surface area contributed by atoms with Crippen LogP contribution >= 0.6 is 0 Å². The van der Waals surface area contributed by atoms with Crippen LogP contribution in [0, 0.1) is 13.8 Å². The lowest BCUT2D eigenvalue weighted by Gasteiger charge is -2.19. The Hall–Kier alpha value is -2.87. The second kappa shape index (κ2) is 6.38. The normalized spacial score (nSPS) is 13.6. The van der Waals surface area contributed by atoms with Crippen LogP contribution in [0.4, 0.5) is 11.6 Å². The third-order valence-corrected chi connectivity index (χ3v) is 5.20. The van der Waals surface area contributed by atoms with Crippen molar-refractivity contribution in [2.24, 2.45) is 7.05 Å². The number of aliphatic hydroxyl groups is 1. The van der Waals surface area contributed by atoms with Gasteiger partial charge in [-0.2, -0.15) is 4.98 Å². The third-order valence-electron chi connectivity index (χ3n) is 5.20. The van der Waals surface area contributed by atoms with Crippen molar-refractivity contribution < 1.29 is 5.11 Å². The Morgan fingerprint density at radius 1 is 1.19 bits per heavy atom. The number of anilines is 2. The molecule has 8 nitrogen and oxygen atoms in total. The first-order chi connectivity index (χ1) is 12.9. The molecule has 1 aliphatic heterocycles. The lowest BCUT2D eigenvalue weighted by molar-refractivity contribution is 0.277. The van der Waals surface area contributed by atoms with Crippen LogP contribution in [0.15, 0.2) is 27.8 Å². The van der Waals surface area contributed by atoms with Gasteiger partial charge < -0.3 is 14.6 Å². The molecule has 0 unspecified atom stereocenters. The van der Waals surface area contributed by atoms with Gasteiger partial charge in [0.2, 0.25) is 5.95 Å². The summed E-state index contributed by atoms with van der Waals surface area (Å²) in [6.45, 7) is 5.58. The highest BCUT2D eigenvalue weighted by molar-refractivity contribution is 5.78. The molecular formula is C19H23N5O3. The summed E-state index contributed by atoms with van der Waals surface area (Å²) < 4.78 is 4.50. The first-order valence-electron chi connectivity index (χ1n) is 9.09. The highest BCUT2D eigenvalue weighted by atomic mass is 16.3. The lowest BCUT2D eigenvalue weighted by Crippen LogP contribution is -2.39. The number of benzene rings is 1. The monoisotopic (exact) mass is 369 g/mol. The SMILES string of the molecule is Cc1ccc(C)c(N2CCn3c2nc2c3c(=O)n(CCCO)c(=O)n2C)c1. The second-order valence-corrected chi connectivity index (χ2v) is 7.05. The summed E-state index contributed by atoms with van der Waals surface area (Å²) in [5.41, 5.74) is 3.45. The average Bonchev–Trinajstić information content (AvgIpc) is 3.21. The molecule has 0 saturated heterocycles. The Morgan fingerprint density at radius 3 is 2.70 bits per heavy atom. The highest BCUT2D eigenvalue weighted by Crippen LogP contribution is 2.34. The zero-order valence-corrected chi connectivity index (χ0v) is 15.8. The first-order valence-corrected chi connectivity index (χ1v) is 9.09. The van der Waals surface area contributed by atoms with Crippen molar-refractivity contribution in [3.63, 3.8) is 0 Å². The van der Waals surface area contributed by atoms with E-state index < -0.39 is 5.69 Å². The highest BCUT2D eigenvalue weighted by Gasteiger charge is 2.29. The molecule has 142 valence electrons. The molecule has 0 aliphatic carbocycles. The van der Waals surface area contributed by atoms with E-state index in [1.807, 2.05) is 11.5 Å². The van der Waals surface area contributed by atoms with E-state index in [4.69, 9.17) is 5.11 Å². The molecule has 0 fully saturated rings. The van der Waals surface area contributed by atoms with E-state index in [1.165, 1.54) is 9.13 Å². The number of aryl methyl sites for hydroxylation is 3. The van der Waals surface area contributed by atoms with E-state index in [-0.39, 0.29) is 18.7 Å². The molecule has 3 aromatic rings. The van der Waals surface area contributed by atoms with Crippen molar-refractivity contribution in [3.05, 3.63) is 50.2 Å². The van der Waals surface area contributed by atoms with Gasteiger partial charge in [0, 0.05) is 39.0 Å². The van der Waals surface area contributed by atoms with Gasteiger partial charge >= 0.3 is 5.69 Å². The van der Waals surface area contributed by atoms with Crippen molar-refractivity contribution in [1.29, 1.82) is 0 Å². The smallest absolute Gasteiger partial charge is 0.332 e. The Labute approximate surface area is 155 Å². The average molecular weight is 369 g/mol. The molecule has 4 rings (SSSR count). The molecule has 8 heteroatoms. The third kappa shape index (κ3) is 2.59. The molecule has 27 heavy (non-hydrogen) atoms. The molecule has 2 aromatic heterocycles. The van der Waals surface area contributed by atoms with E-state index in [0.29, 0.717) is 30.1 Å². The summed E-state index contributed by atoms with van der Waals surface area (Å²) in [7, 11) is 1.63. The van der Waals surface area contributed by atoms with E-state index in [9.17, 15) is 9.59 Å². The molecule has 0 spiro atoms. The maximum atomic E-state index is 13.0.